The molecule has 0 aliphatic carbocycles. The Morgan fingerprint density at radius 3 is 2.31 bits per heavy atom. The molecule has 0 saturated carbocycles. The van der Waals surface area contributed by atoms with E-state index >= 15 is 0 Å². The fourth-order valence-electron chi connectivity index (χ4n) is 3.71. The van der Waals surface area contributed by atoms with Gasteiger partial charge in [-0.25, -0.2) is 8.42 Å². The second kappa shape index (κ2) is 7.50. The van der Waals surface area contributed by atoms with E-state index in [4.69, 9.17) is 4.74 Å². The third-order valence-corrected chi connectivity index (χ3v) is 6.75. The van der Waals surface area contributed by atoms with Gasteiger partial charge in [0.25, 0.3) is 5.69 Å². The lowest BCUT2D eigenvalue weighted by molar-refractivity contribution is -0.384. The van der Waals surface area contributed by atoms with Crippen molar-refractivity contribution in [2.24, 2.45) is 0 Å². The number of benzene rings is 1. The maximum atomic E-state index is 12.8. The van der Waals surface area contributed by atoms with Gasteiger partial charge in [-0.15, -0.1) is 0 Å². The molecule has 0 spiro atoms. The molecule has 0 unspecified atom stereocenters. The molecule has 1 aromatic carbocycles. The Labute approximate surface area is 153 Å². The molecule has 0 amide bonds. The van der Waals surface area contributed by atoms with Gasteiger partial charge < -0.3 is 9.64 Å². The highest BCUT2D eigenvalue weighted by molar-refractivity contribution is 7.89. The molecule has 3 rings (SSSR count). The van der Waals surface area contributed by atoms with Crippen molar-refractivity contribution in [3.63, 3.8) is 0 Å². The Kier molecular flexibility index (Phi) is 5.50. The summed E-state index contributed by atoms with van der Waals surface area (Å²) in [5.41, 5.74) is 0.263. The predicted molar refractivity (Wildman–Crippen MR) is 97.9 cm³/mol. The largest absolute Gasteiger partial charge is 0.372 e. The van der Waals surface area contributed by atoms with Crippen LogP contribution in [0, 0.1) is 10.1 Å². The summed E-state index contributed by atoms with van der Waals surface area (Å²) in [6.45, 7) is 5.84. The molecule has 26 heavy (non-hydrogen) atoms. The van der Waals surface area contributed by atoms with Gasteiger partial charge in [-0.05, 0) is 38.8 Å². The number of rotatable bonds is 4. The molecular weight excluding hydrogens is 358 g/mol. The number of morpholine rings is 1. The molecule has 0 bridgehead atoms. The van der Waals surface area contributed by atoms with Crippen molar-refractivity contribution in [1.29, 1.82) is 0 Å². The van der Waals surface area contributed by atoms with Gasteiger partial charge in [0.05, 0.1) is 22.0 Å². The maximum absolute atomic E-state index is 12.8. The molecule has 1 aromatic rings. The summed E-state index contributed by atoms with van der Waals surface area (Å²) in [5, 5.41) is 11.6. The van der Waals surface area contributed by atoms with Crippen LogP contribution in [-0.4, -0.2) is 56.0 Å². The second-order valence-corrected chi connectivity index (χ2v) is 8.97. The molecule has 2 atom stereocenters. The van der Waals surface area contributed by atoms with E-state index in [9.17, 15) is 18.5 Å². The van der Waals surface area contributed by atoms with Crippen molar-refractivity contribution >= 4 is 21.4 Å². The first-order valence-corrected chi connectivity index (χ1v) is 10.4. The Morgan fingerprint density at radius 2 is 1.73 bits per heavy atom. The number of piperidine rings is 1. The quantitative estimate of drug-likeness (QED) is 0.585. The summed E-state index contributed by atoms with van der Waals surface area (Å²) in [5.74, 6) is 0. The maximum Gasteiger partial charge on any atom is 0.293 e. The monoisotopic (exact) mass is 383 g/mol. The van der Waals surface area contributed by atoms with Gasteiger partial charge in [0.15, 0.2) is 0 Å². The van der Waals surface area contributed by atoms with Gasteiger partial charge in [-0.2, -0.15) is 4.31 Å². The van der Waals surface area contributed by atoms with E-state index in [1.807, 2.05) is 18.7 Å². The second-order valence-electron chi connectivity index (χ2n) is 7.03. The minimum Gasteiger partial charge on any atom is -0.372 e. The molecule has 0 aromatic heterocycles. The van der Waals surface area contributed by atoms with Crippen molar-refractivity contribution < 1.29 is 18.1 Å². The highest BCUT2D eigenvalue weighted by Gasteiger charge is 2.31. The van der Waals surface area contributed by atoms with Gasteiger partial charge in [-0.3, -0.25) is 10.1 Å². The van der Waals surface area contributed by atoms with E-state index in [-0.39, 0.29) is 22.8 Å². The van der Waals surface area contributed by atoms with Crippen LogP contribution in [-0.2, 0) is 14.8 Å². The van der Waals surface area contributed by atoms with Crippen LogP contribution < -0.4 is 4.90 Å². The number of anilines is 1. The highest BCUT2D eigenvalue weighted by atomic mass is 32.2. The number of nitrogens with zero attached hydrogens (tertiary/aromatic N) is 3. The SMILES string of the molecule is C[C@@H]1CN(c2ccc(S(=O)(=O)N3CCCCC3)cc2[N+](=O)[O-])C[C@@H](C)O1. The molecule has 144 valence electrons. The Hall–Kier alpha value is -1.71. The van der Waals surface area contributed by atoms with Gasteiger partial charge >= 0.3 is 0 Å². The minimum atomic E-state index is -3.70. The fourth-order valence-corrected chi connectivity index (χ4v) is 5.24. The zero-order valence-electron chi connectivity index (χ0n) is 15.1. The standard InChI is InChI=1S/C17H25N3O5S/c1-13-11-18(12-14(2)25-13)16-7-6-15(10-17(16)20(21)22)26(23,24)19-8-4-3-5-9-19/h6-7,10,13-14H,3-5,8-9,11-12H2,1-2H3/t13-,14-/m1/s1. The molecule has 2 fully saturated rings. The summed E-state index contributed by atoms with van der Waals surface area (Å²) in [4.78, 5) is 13.0. The van der Waals surface area contributed by atoms with E-state index in [1.165, 1.54) is 16.4 Å². The van der Waals surface area contributed by atoms with E-state index in [2.05, 4.69) is 0 Å². The molecule has 2 heterocycles. The van der Waals surface area contributed by atoms with Gasteiger partial charge in [0, 0.05) is 32.2 Å². The molecule has 0 N–H and O–H groups in total. The lowest BCUT2D eigenvalue weighted by atomic mass is 10.1. The molecule has 9 heteroatoms. The number of hydrogen-bond donors (Lipinski definition) is 0. The molecule has 2 aliphatic heterocycles. The van der Waals surface area contributed by atoms with Crippen LogP contribution in [0.2, 0.25) is 0 Å². The number of sulfonamides is 1. The molecule has 2 aliphatic rings. The van der Waals surface area contributed by atoms with E-state index in [0.717, 1.165) is 19.3 Å². The normalized spacial score (nSPS) is 25.2. The molecule has 8 nitrogen and oxygen atoms in total. The van der Waals surface area contributed by atoms with Gasteiger partial charge in [-0.1, -0.05) is 6.42 Å². The first kappa shape index (κ1) is 19.1. The highest BCUT2D eigenvalue weighted by Crippen LogP contribution is 2.34. The van der Waals surface area contributed by atoms with Crippen LogP contribution in [0.5, 0.6) is 0 Å². The van der Waals surface area contributed by atoms with Crippen molar-refractivity contribution in [3.8, 4) is 0 Å². The van der Waals surface area contributed by atoms with Crippen molar-refractivity contribution in [2.75, 3.05) is 31.1 Å². The predicted octanol–water partition coefficient (Wildman–Crippen LogP) is 2.38. The summed E-state index contributed by atoms with van der Waals surface area (Å²) in [6.07, 6.45) is 2.56. The Balaban J connectivity index is 1.95. The summed E-state index contributed by atoms with van der Waals surface area (Å²) < 4.78 is 32.8. The zero-order chi connectivity index (χ0) is 18.9. The molecule has 2 saturated heterocycles. The average molecular weight is 383 g/mol. The van der Waals surface area contributed by atoms with E-state index in [1.54, 1.807) is 6.07 Å². The van der Waals surface area contributed by atoms with Crippen LogP contribution in [0.3, 0.4) is 0 Å². The van der Waals surface area contributed by atoms with E-state index < -0.39 is 14.9 Å². The van der Waals surface area contributed by atoms with Crippen LogP contribution in [0.4, 0.5) is 11.4 Å². The third-order valence-electron chi connectivity index (χ3n) is 4.86. The number of hydrogen-bond acceptors (Lipinski definition) is 6. The van der Waals surface area contributed by atoms with Crippen molar-refractivity contribution in [1.82, 2.24) is 4.31 Å². The van der Waals surface area contributed by atoms with Gasteiger partial charge in [0.1, 0.15) is 5.69 Å². The topological polar surface area (TPSA) is 93.0 Å². The zero-order valence-corrected chi connectivity index (χ0v) is 15.9. The van der Waals surface area contributed by atoms with E-state index in [0.29, 0.717) is 31.9 Å². The number of nitro benzene ring substituents is 1. The summed E-state index contributed by atoms with van der Waals surface area (Å²) in [6, 6.07) is 4.24. The molecular formula is C17H25N3O5S. The Morgan fingerprint density at radius 1 is 1.12 bits per heavy atom. The lowest BCUT2D eigenvalue weighted by Gasteiger charge is -2.36. The Bertz CT molecular complexity index is 767. The third kappa shape index (κ3) is 3.84. The smallest absolute Gasteiger partial charge is 0.293 e. The van der Waals surface area contributed by atoms with Crippen LogP contribution in [0.1, 0.15) is 33.1 Å². The average Bonchev–Trinajstić information content (AvgIpc) is 2.61. The van der Waals surface area contributed by atoms with Crippen LogP contribution in [0.25, 0.3) is 0 Å². The first-order valence-electron chi connectivity index (χ1n) is 8.98. The van der Waals surface area contributed by atoms with Crippen molar-refractivity contribution in [2.45, 2.75) is 50.2 Å². The van der Waals surface area contributed by atoms with Gasteiger partial charge in [0.2, 0.25) is 10.0 Å². The number of nitro groups is 1. The molecule has 0 radical (unpaired) electrons. The number of ether oxygens (including phenoxy) is 1. The van der Waals surface area contributed by atoms with Crippen LogP contribution >= 0.6 is 0 Å². The summed E-state index contributed by atoms with van der Waals surface area (Å²) in [7, 11) is -3.70. The van der Waals surface area contributed by atoms with Crippen LogP contribution in [0.15, 0.2) is 23.1 Å². The van der Waals surface area contributed by atoms with Crippen molar-refractivity contribution in [3.05, 3.63) is 28.3 Å². The fraction of sp³-hybridized carbons (Fsp3) is 0.647. The minimum absolute atomic E-state index is 0.00999. The summed E-state index contributed by atoms with van der Waals surface area (Å²) >= 11 is 0. The first-order chi connectivity index (χ1) is 12.3. The lowest BCUT2D eigenvalue weighted by Crippen LogP contribution is -2.45.